The fourth-order valence-electron chi connectivity index (χ4n) is 5.58. The number of nitrogens with zero attached hydrogens (tertiary/aromatic N) is 4. The normalized spacial score (nSPS) is 23.8. The monoisotopic (exact) mass is 475 g/mol. The zero-order valence-corrected chi connectivity index (χ0v) is 21.3. The Balaban J connectivity index is 1.07. The molecule has 3 fully saturated rings. The van der Waals surface area contributed by atoms with Crippen molar-refractivity contribution in [2.24, 2.45) is 17.8 Å². The number of benzene rings is 1. The Hall–Kier alpha value is -3.09. The maximum atomic E-state index is 13.0. The van der Waals surface area contributed by atoms with Crippen LogP contribution in [0, 0.1) is 17.8 Å². The van der Waals surface area contributed by atoms with Crippen LogP contribution in [-0.4, -0.2) is 72.4 Å². The molecule has 1 N–H and O–H groups in total. The van der Waals surface area contributed by atoms with E-state index >= 15 is 0 Å². The van der Waals surface area contributed by atoms with Crippen LogP contribution >= 0.6 is 0 Å². The van der Waals surface area contributed by atoms with Gasteiger partial charge < -0.3 is 20.0 Å². The second-order valence-electron chi connectivity index (χ2n) is 11.3. The molecule has 2 unspecified atom stereocenters. The summed E-state index contributed by atoms with van der Waals surface area (Å²) in [6, 6.07) is 12.3. The first-order chi connectivity index (χ1) is 16.7. The molecule has 3 aliphatic rings. The number of hydrogen-bond donors (Lipinski definition) is 1. The molecular weight excluding hydrogens is 438 g/mol. The van der Waals surface area contributed by atoms with Gasteiger partial charge in [-0.1, -0.05) is 32.9 Å². The highest BCUT2D eigenvalue weighted by molar-refractivity contribution is 5.94. The summed E-state index contributed by atoms with van der Waals surface area (Å²) in [5, 5.41) is 3.55. The Morgan fingerprint density at radius 1 is 0.943 bits per heavy atom. The molecule has 7 nitrogen and oxygen atoms in total. The summed E-state index contributed by atoms with van der Waals surface area (Å²) in [7, 11) is 0. The number of rotatable bonds is 5. The molecule has 0 spiro atoms. The predicted octanol–water partition coefficient (Wildman–Crippen LogP) is 3.48. The highest BCUT2D eigenvalue weighted by atomic mass is 16.2. The van der Waals surface area contributed by atoms with E-state index in [0.717, 1.165) is 62.9 Å². The summed E-state index contributed by atoms with van der Waals surface area (Å²) < 4.78 is 0. The molecule has 2 saturated heterocycles. The molecule has 1 aliphatic carbocycles. The topological polar surface area (TPSA) is 68.8 Å². The number of pyridine rings is 1. The average Bonchev–Trinajstić information content (AvgIpc) is 3.30. The Morgan fingerprint density at radius 2 is 1.60 bits per heavy atom. The standard InChI is InChI=1S/C28H37N5O2/c1-19(34)31-11-13-32(14-12-31)26-10-9-22(15-30-26)29-16-23-24-17-33(18-25(23)24)27(35)20-5-7-21(8-6-20)28(2,3)4/h5-10,15,23-25,29H,11-14,16-18H2,1-4H3. The van der Waals surface area contributed by atoms with Gasteiger partial charge in [-0.05, 0) is 53.0 Å². The third kappa shape index (κ3) is 5.00. The van der Waals surface area contributed by atoms with Crippen LogP contribution in [0.15, 0.2) is 42.6 Å². The van der Waals surface area contributed by atoms with E-state index < -0.39 is 0 Å². The number of anilines is 2. The minimum Gasteiger partial charge on any atom is -0.383 e. The third-order valence-electron chi connectivity index (χ3n) is 8.00. The number of likely N-dealkylation sites (tertiary alicyclic amines) is 1. The molecule has 0 bridgehead atoms. The Labute approximate surface area is 208 Å². The van der Waals surface area contributed by atoms with Crippen LogP contribution < -0.4 is 10.2 Å². The minimum absolute atomic E-state index is 0.0959. The lowest BCUT2D eigenvalue weighted by Crippen LogP contribution is -2.48. The molecule has 2 aromatic rings. The molecule has 2 atom stereocenters. The van der Waals surface area contributed by atoms with Crippen molar-refractivity contribution in [1.82, 2.24) is 14.8 Å². The molecule has 1 saturated carbocycles. The van der Waals surface area contributed by atoms with Crippen molar-refractivity contribution in [3.05, 3.63) is 53.7 Å². The molecule has 186 valence electrons. The number of carbonyl (C=O) groups is 2. The highest BCUT2D eigenvalue weighted by Gasteiger charge is 2.56. The first-order valence-electron chi connectivity index (χ1n) is 12.8. The van der Waals surface area contributed by atoms with Crippen LogP contribution in [0.1, 0.15) is 43.6 Å². The van der Waals surface area contributed by atoms with E-state index in [1.807, 2.05) is 28.1 Å². The largest absolute Gasteiger partial charge is 0.383 e. The zero-order chi connectivity index (χ0) is 24.7. The maximum Gasteiger partial charge on any atom is 0.253 e. The van der Waals surface area contributed by atoms with Gasteiger partial charge in [0.05, 0.1) is 11.9 Å². The van der Waals surface area contributed by atoms with E-state index in [9.17, 15) is 9.59 Å². The van der Waals surface area contributed by atoms with Crippen molar-refractivity contribution in [2.75, 3.05) is 56.0 Å². The molecule has 2 amide bonds. The van der Waals surface area contributed by atoms with E-state index in [4.69, 9.17) is 0 Å². The van der Waals surface area contributed by atoms with E-state index in [-0.39, 0.29) is 17.2 Å². The molecule has 5 rings (SSSR count). The highest BCUT2D eigenvalue weighted by Crippen LogP contribution is 2.51. The molecule has 35 heavy (non-hydrogen) atoms. The minimum atomic E-state index is 0.0959. The van der Waals surface area contributed by atoms with E-state index in [2.05, 4.69) is 60.2 Å². The van der Waals surface area contributed by atoms with Crippen LogP contribution in [-0.2, 0) is 10.2 Å². The second-order valence-corrected chi connectivity index (χ2v) is 11.3. The van der Waals surface area contributed by atoms with Gasteiger partial charge in [-0.2, -0.15) is 0 Å². The van der Waals surface area contributed by atoms with E-state index in [1.54, 1.807) is 6.92 Å². The maximum absolute atomic E-state index is 13.0. The van der Waals surface area contributed by atoms with Crippen LogP contribution in [0.2, 0.25) is 0 Å². The molecule has 7 heteroatoms. The molecular formula is C28H37N5O2. The van der Waals surface area contributed by atoms with E-state index in [1.165, 1.54) is 5.56 Å². The number of hydrogen-bond acceptors (Lipinski definition) is 5. The van der Waals surface area contributed by atoms with Crippen molar-refractivity contribution < 1.29 is 9.59 Å². The number of piperazine rings is 1. The Morgan fingerprint density at radius 3 is 2.14 bits per heavy atom. The summed E-state index contributed by atoms with van der Waals surface area (Å²) in [6.07, 6.45) is 1.90. The smallest absolute Gasteiger partial charge is 0.253 e. The van der Waals surface area contributed by atoms with Crippen LogP contribution in [0.5, 0.6) is 0 Å². The average molecular weight is 476 g/mol. The SMILES string of the molecule is CC(=O)N1CCN(c2ccc(NCC3C4CN(C(=O)c5ccc(C(C)(C)C)cc5)CC34)cn2)CC1. The van der Waals surface area contributed by atoms with Crippen LogP contribution in [0.4, 0.5) is 11.5 Å². The van der Waals surface area contributed by atoms with Gasteiger partial charge in [-0.15, -0.1) is 0 Å². The first kappa shape index (κ1) is 23.6. The summed E-state index contributed by atoms with van der Waals surface area (Å²) in [5.74, 6) is 3.10. The first-order valence-corrected chi connectivity index (χ1v) is 12.8. The van der Waals surface area contributed by atoms with Gasteiger partial charge >= 0.3 is 0 Å². The lowest BCUT2D eigenvalue weighted by Gasteiger charge is -2.34. The van der Waals surface area contributed by atoms with Gasteiger partial charge in [0.25, 0.3) is 5.91 Å². The van der Waals surface area contributed by atoms with Crippen molar-refractivity contribution >= 4 is 23.3 Å². The number of piperidine rings is 1. The van der Waals surface area contributed by atoms with Crippen LogP contribution in [0.25, 0.3) is 0 Å². The van der Waals surface area contributed by atoms with Crippen molar-refractivity contribution in [2.45, 2.75) is 33.1 Å². The molecule has 3 heterocycles. The van der Waals surface area contributed by atoms with Gasteiger partial charge in [0.2, 0.25) is 5.91 Å². The van der Waals surface area contributed by atoms with Gasteiger partial charge in [-0.25, -0.2) is 4.98 Å². The van der Waals surface area contributed by atoms with Gasteiger partial charge in [0.15, 0.2) is 0 Å². The number of amides is 2. The van der Waals surface area contributed by atoms with Crippen LogP contribution in [0.3, 0.4) is 0 Å². The number of nitrogens with one attached hydrogen (secondary N) is 1. The Kier molecular flexibility index (Phi) is 6.20. The van der Waals surface area contributed by atoms with E-state index in [0.29, 0.717) is 17.8 Å². The number of fused-ring (bicyclic) bond motifs is 1. The molecule has 2 aliphatic heterocycles. The number of carbonyl (C=O) groups excluding carboxylic acids is 2. The second kappa shape index (κ2) is 9.17. The summed E-state index contributed by atoms with van der Waals surface area (Å²) in [4.78, 5) is 35.3. The summed E-state index contributed by atoms with van der Waals surface area (Å²) in [6.45, 7) is 14.0. The lowest BCUT2D eigenvalue weighted by atomic mass is 9.86. The van der Waals surface area contributed by atoms with Crippen molar-refractivity contribution in [3.8, 4) is 0 Å². The molecule has 0 radical (unpaired) electrons. The third-order valence-corrected chi connectivity index (χ3v) is 8.00. The molecule has 1 aromatic carbocycles. The quantitative estimate of drug-likeness (QED) is 0.717. The zero-order valence-electron chi connectivity index (χ0n) is 21.3. The lowest BCUT2D eigenvalue weighted by molar-refractivity contribution is -0.129. The van der Waals surface area contributed by atoms with Gasteiger partial charge in [0, 0.05) is 58.3 Å². The molecule has 1 aromatic heterocycles. The summed E-state index contributed by atoms with van der Waals surface area (Å²) in [5.41, 5.74) is 3.18. The van der Waals surface area contributed by atoms with Gasteiger partial charge in [-0.3, -0.25) is 9.59 Å². The van der Waals surface area contributed by atoms with Crippen molar-refractivity contribution in [1.29, 1.82) is 0 Å². The van der Waals surface area contributed by atoms with Gasteiger partial charge in [0.1, 0.15) is 5.82 Å². The summed E-state index contributed by atoms with van der Waals surface area (Å²) >= 11 is 0. The predicted molar refractivity (Wildman–Crippen MR) is 139 cm³/mol. The fraction of sp³-hybridized carbons (Fsp3) is 0.536. The fourth-order valence-corrected chi connectivity index (χ4v) is 5.58. The van der Waals surface area contributed by atoms with Crippen molar-refractivity contribution in [3.63, 3.8) is 0 Å². The Bertz CT molecular complexity index is 1060. The number of aromatic nitrogens is 1.